The van der Waals surface area contributed by atoms with Crippen LogP contribution in [0.1, 0.15) is 26.8 Å². The monoisotopic (exact) mass is 225 g/mol. The quantitative estimate of drug-likeness (QED) is 0.850. The van der Waals surface area contributed by atoms with E-state index in [1.165, 1.54) is 12.1 Å². The molecule has 0 heterocycles. The molecule has 90 valence electrons. The molecule has 1 saturated carbocycles. The number of benzene rings is 1. The van der Waals surface area contributed by atoms with Crippen LogP contribution in [-0.2, 0) is 0 Å². The molecule has 0 aromatic heterocycles. The highest BCUT2D eigenvalue weighted by Crippen LogP contribution is 2.26. The molecule has 0 unspecified atom stereocenters. The predicted octanol–water partition coefficient (Wildman–Crippen LogP) is 2.90. The second kappa shape index (κ2) is 4.83. The van der Waals surface area contributed by atoms with Gasteiger partial charge < -0.3 is 10.1 Å². The molecule has 0 aliphatic heterocycles. The molecule has 1 fully saturated rings. The lowest BCUT2D eigenvalue weighted by Gasteiger charge is -2.35. The third kappa shape index (κ3) is 2.73. The number of ether oxygens (including phenoxy) is 1. The normalized spacial score (nSPS) is 23.9. The lowest BCUT2D eigenvalue weighted by atomic mass is 9.89. The van der Waals surface area contributed by atoms with E-state index in [2.05, 4.69) is 12.2 Å². The number of hydrogen-bond donors (Lipinski definition) is 1. The fraction of sp³-hybridized carbons (Fsp3) is 0.538. The minimum absolute atomic E-state index is 0. The first kappa shape index (κ1) is 11.4. The van der Waals surface area contributed by atoms with E-state index in [1.807, 2.05) is 13.0 Å². The highest BCUT2D eigenvalue weighted by atomic mass is 19.1. The molecule has 2 rings (SSSR count). The van der Waals surface area contributed by atoms with Crippen LogP contribution in [0.25, 0.3) is 0 Å². The molecular formula is C13H20FNO. The van der Waals surface area contributed by atoms with Gasteiger partial charge in [0.05, 0.1) is 0 Å². The van der Waals surface area contributed by atoms with E-state index in [1.54, 1.807) is 0 Å². The van der Waals surface area contributed by atoms with Crippen LogP contribution < -0.4 is 10.1 Å². The highest BCUT2D eigenvalue weighted by Gasteiger charge is 2.29. The second-order valence-electron chi connectivity index (χ2n) is 4.43. The molecule has 2 nitrogen and oxygen atoms in total. The van der Waals surface area contributed by atoms with Gasteiger partial charge in [0.25, 0.3) is 0 Å². The average molecular weight is 225 g/mol. The summed E-state index contributed by atoms with van der Waals surface area (Å²) in [5.41, 5.74) is 0.901. The molecule has 0 radical (unpaired) electrons. The van der Waals surface area contributed by atoms with Gasteiger partial charge in [-0.3, -0.25) is 0 Å². The first-order valence-electron chi connectivity index (χ1n) is 5.84. The predicted molar refractivity (Wildman–Crippen MR) is 64.4 cm³/mol. The Labute approximate surface area is 97.3 Å². The molecule has 1 aliphatic carbocycles. The topological polar surface area (TPSA) is 21.3 Å². The van der Waals surface area contributed by atoms with Gasteiger partial charge in [0.15, 0.2) is 0 Å². The van der Waals surface area contributed by atoms with Crippen molar-refractivity contribution in [3.8, 4) is 5.75 Å². The highest BCUT2D eigenvalue weighted by molar-refractivity contribution is 5.29. The van der Waals surface area contributed by atoms with E-state index >= 15 is 0 Å². The number of halogens is 1. The van der Waals surface area contributed by atoms with E-state index in [0.29, 0.717) is 11.8 Å². The van der Waals surface area contributed by atoms with Gasteiger partial charge in [0.1, 0.15) is 17.7 Å². The molecule has 16 heavy (non-hydrogen) atoms. The van der Waals surface area contributed by atoms with E-state index in [0.717, 1.165) is 24.9 Å². The van der Waals surface area contributed by atoms with Crippen molar-refractivity contribution in [3.05, 3.63) is 29.6 Å². The Hall–Kier alpha value is -1.09. The molecule has 0 amide bonds. The Bertz CT molecular complexity index is 346. The standard InChI is InChI=1S/C13H18FNO.H2/c1-3-15-11-7-13(8-11)16-12-5-9(2)4-10(14)6-12;/h4-6,11,13,15H,3,7-8H2,1-2H3;1H. The maximum absolute atomic E-state index is 13.1. The lowest BCUT2D eigenvalue weighted by molar-refractivity contribution is 0.0856. The Balaban J connectivity index is 0.00000144. The average Bonchev–Trinajstić information content (AvgIpc) is 2.13. The zero-order valence-corrected chi connectivity index (χ0v) is 9.79. The summed E-state index contributed by atoms with van der Waals surface area (Å²) in [6.07, 6.45) is 2.28. The van der Waals surface area contributed by atoms with Crippen molar-refractivity contribution in [3.63, 3.8) is 0 Å². The Morgan fingerprint density at radius 1 is 1.44 bits per heavy atom. The van der Waals surface area contributed by atoms with Crippen LogP contribution in [0.4, 0.5) is 4.39 Å². The summed E-state index contributed by atoms with van der Waals surface area (Å²) in [6, 6.07) is 5.41. The Morgan fingerprint density at radius 3 is 2.81 bits per heavy atom. The van der Waals surface area contributed by atoms with Crippen molar-refractivity contribution in [2.75, 3.05) is 6.54 Å². The van der Waals surface area contributed by atoms with Crippen LogP contribution in [0.15, 0.2) is 18.2 Å². The van der Waals surface area contributed by atoms with Crippen molar-refractivity contribution >= 4 is 0 Å². The number of hydrogen-bond acceptors (Lipinski definition) is 2. The fourth-order valence-electron chi connectivity index (χ4n) is 2.08. The molecule has 0 atom stereocenters. The van der Waals surface area contributed by atoms with Crippen molar-refractivity contribution in [2.24, 2.45) is 0 Å². The van der Waals surface area contributed by atoms with Crippen molar-refractivity contribution < 1.29 is 10.6 Å². The number of nitrogens with one attached hydrogen (secondary N) is 1. The van der Waals surface area contributed by atoms with Gasteiger partial charge >= 0.3 is 0 Å². The van der Waals surface area contributed by atoms with E-state index in [-0.39, 0.29) is 13.3 Å². The maximum Gasteiger partial charge on any atom is 0.127 e. The summed E-state index contributed by atoms with van der Waals surface area (Å²) < 4.78 is 18.8. The van der Waals surface area contributed by atoms with E-state index in [4.69, 9.17) is 4.74 Å². The van der Waals surface area contributed by atoms with Crippen LogP contribution in [-0.4, -0.2) is 18.7 Å². The maximum atomic E-state index is 13.1. The second-order valence-corrected chi connectivity index (χ2v) is 4.43. The molecule has 0 saturated heterocycles. The smallest absolute Gasteiger partial charge is 0.127 e. The summed E-state index contributed by atoms with van der Waals surface area (Å²) >= 11 is 0. The zero-order valence-electron chi connectivity index (χ0n) is 9.79. The molecule has 0 bridgehead atoms. The summed E-state index contributed by atoms with van der Waals surface area (Å²) in [5, 5.41) is 3.37. The third-order valence-electron chi connectivity index (χ3n) is 2.91. The molecular weight excluding hydrogens is 205 g/mol. The van der Waals surface area contributed by atoms with Crippen LogP contribution in [0.2, 0.25) is 0 Å². The van der Waals surface area contributed by atoms with E-state index in [9.17, 15) is 4.39 Å². The minimum atomic E-state index is -0.224. The molecule has 1 N–H and O–H groups in total. The van der Waals surface area contributed by atoms with E-state index < -0.39 is 0 Å². The Kier molecular flexibility index (Phi) is 3.44. The number of rotatable bonds is 4. The SMILES string of the molecule is CCNC1CC(Oc2cc(C)cc(F)c2)C1.[HH]. The molecule has 0 spiro atoms. The molecule has 1 aromatic rings. The minimum Gasteiger partial charge on any atom is -0.490 e. The van der Waals surface area contributed by atoms with Gasteiger partial charge in [-0.05, 0) is 44.0 Å². The van der Waals surface area contributed by atoms with Gasteiger partial charge in [-0.1, -0.05) is 6.92 Å². The van der Waals surface area contributed by atoms with Crippen molar-refractivity contribution in [1.82, 2.24) is 5.32 Å². The fourth-order valence-corrected chi connectivity index (χ4v) is 2.08. The molecule has 1 aliphatic rings. The summed E-state index contributed by atoms with van der Waals surface area (Å²) in [6.45, 7) is 4.97. The first-order valence-corrected chi connectivity index (χ1v) is 5.84. The first-order chi connectivity index (χ1) is 7.67. The van der Waals surface area contributed by atoms with Crippen LogP contribution in [0.5, 0.6) is 5.75 Å². The summed E-state index contributed by atoms with van der Waals surface area (Å²) in [5.74, 6) is 0.426. The lowest BCUT2D eigenvalue weighted by Crippen LogP contribution is -2.46. The largest absolute Gasteiger partial charge is 0.490 e. The molecule has 1 aromatic carbocycles. The van der Waals surface area contributed by atoms with Crippen molar-refractivity contribution in [2.45, 2.75) is 38.8 Å². The summed E-state index contributed by atoms with van der Waals surface area (Å²) in [4.78, 5) is 0. The van der Waals surface area contributed by atoms with Gasteiger partial charge in [-0.15, -0.1) is 0 Å². The van der Waals surface area contributed by atoms with Crippen LogP contribution >= 0.6 is 0 Å². The van der Waals surface area contributed by atoms with Gasteiger partial charge in [0, 0.05) is 13.5 Å². The zero-order chi connectivity index (χ0) is 11.5. The molecule has 3 heteroatoms. The Morgan fingerprint density at radius 2 is 2.19 bits per heavy atom. The number of aryl methyl sites for hydroxylation is 1. The van der Waals surface area contributed by atoms with Gasteiger partial charge in [-0.2, -0.15) is 0 Å². The third-order valence-corrected chi connectivity index (χ3v) is 2.91. The van der Waals surface area contributed by atoms with Gasteiger partial charge in [0.2, 0.25) is 0 Å². The summed E-state index contributed by atoms with van der Waals surface area (Å²) in [7, 11) is 0. The van der Waals surface area contributed by atoms with Crippen molar-refractivity contribution in [1.29, 1.82) is 0 Å². The van der Waals surface area contributed by atoms with Crippen LogP contribution in [0.3, 0.4) is 0 Å². The van der Waals surface area contributed by atoms with Crippen LogP contribution in [0, 0.1) is 12.7 Å². The van der Waals surface area contributed by atoms with Gasteiger partial charge in [-0.25, -0.2) is 4.39 Å².